The Morgan fingerprint density at radius 3 is 2.54 bits per heavy atom. The number of nitrogens with two attached hydrogens (primary N) is 1. The maximum atomic E-state index is 13.4. The van der Waals surface area contributed by atoms with Gasteiger partial charge in [0.1, 0.15) is 23.2 Å². The minimum Gasteiger partial charge on any atom is -0.384 e. The molecule has 28 heavy (non-hydrogen) atoms. The summed E-state index contributed by atoms with van der Waals surface area (Å²) in [5.74, 6) is 1.26. The van der Waals surface area contributed by atoms with Gasteiger partial charge in [-0.3, -0.25) is 4.57 Å². The first-order chi connectivity index (χ1) is 13.6. The van der Waals surface area contributed by atoms with E-state index in [0.29, 0.717) is 23.2 Å². The topological polar surface area (TPSA) is 69.6 Å². The van der Waals surface area contributed by atoms with Crippen molar-refractivity contribution in [2.45, 2.75) is 11.8 Å². The Hall–Kier alpha value is -3.19. The standard InChI is InChI=1S/C21H18FN5S/c1-13-4-3-5-16(19(13)28-2)27-17(20-24-11-10-18(23)26-20)12-25-21(27)14-6-8-15(22)9-7-14/h3-12H,1-2H3,(H2,23,24,26). The second-order valence-corrected chi connectivity index (χ2v) is 7.06. The van der Waals surface area contributed by atoms with Gasteiger partial charge in [0.05, 0.1) is 11.9 Å². The molecule has 0 spiro atoms. The van der Waals surface area contributed by atoms with Gasteiger partial charge in [-0.1, -0.05) is 12.1 Å². The Kier molecular flexibility index (Phi) is 4.83. The molecule has 2 aromatic heterocycles. The number of aryl methyl sites for hydroxylation is 1. The van der Waals surface area contributed by atoms with Crippen molar-refractivity contribution in [1.82, 2.24) is 19.5 Å². The fraction of sp³-hybridized carbons (Fsp3) is 0.0952. The molecule has 4 aromatic rings. The molecule has 140 valence electrons. The predicted octanol–water partition coefficient (Wildman–Crippen LogP) is 4.75. The van der Waals surface area contributed by atoms with E-state index >= 15 is 0 Å². The second kappa shape index (κ2) is 7.44. The fourth-order valence-electron chi connectivity index (χ4n) is 3.13. The average Bonchev–Trinajstić information content (AvgIpc) is 3.13. The molecule has 2 aromatic carbocycles. The first kappa shape index (κ1) is 18.2. The highest BCUT2D eigenvalue weighted by Crippen LogP contribution is 2.35. The number of aromatic nitrogens is 4. The van der Waals surface area contributed by atoms with Crippen LogP contribution in [0.2, 0.25) is 0 Å². The van der Waals surface area contributed by atoms with Crippen LogP contribution in [0.3, 0.4) is 0 Å². The number of imidazole rings is 1. The van der Waals surface area contributed by atoms with E-state index < -0.39 is 0 Å². The summed E-state index contributed by atoms with van der Waals surface area (Å²) < 4.78 is 15.4. The third-order valence-electron chi connectivity index (χ3n) is 4.41. The zero-order valence-electron chi connectivity index (χ0n) is 15.4. The minimum atomic E-state index is -0.290. The molecule has 0 radical (unpaired) electrons. The van der Waals surface area contributed by atoms with Crippen LogP contribution < -0.4 is 5.73 Å². The van der Waals surface area contributed by atoms with E-state index in [-0.39, 0.29) is 5.82 Å². The van der Waals surface area contributed by atoms with Crippen molar-refractivity contribution >= 4 is 17.6 Å². The summed E-state index contributed by atoms with van der Waals surface area (Å²) in [7, 11) is 0. The number of thioether (sulfide) groups is 1. The molecular weight excluding hydrogens is 373 g/mol. The third kappa shape index (κ3) is 3.25. The molecule has 0 aliphatic heterocycles. The summed E-state index contributed by atoms with van der Waals surface area (Å²) in [4.78, 5) is 14.5. The summed E-state index contributed by atoms with van der Waals surface area (Å²) in [6.07, 6.45) is 5.38. The largest absolute Gasteiger partial charge is 0.384 e. The number of benzene rings is 2. The lowest BCUT2D eigenvalue weighted by Gasteiger charge is -2.16. The highest BCUT2D eigenvalue weighted by molar-refractivity contribution is 7.98. The summed E-state index contributed by atoms with van der Waals surface area (Å²) in [5, 5.41) is 0. The van der Waals surface area contributed by atoms with Crippen molar-refractivity contribution in [3.63, 3.8) is 0 Å². The van der Waals surface area contributed by atoms with Crippen molar-refractivity contribution < 1.29 is 4.39 Å². The Labute approximate surface area is 166 Å². The highest BCUT2D eigenvalue weighted by atomic mass is 32.2. The van der Waals surface area contributed by atoms with Gasteiger partial charge >= 0.3 is 0 Å². The lowest BCUT2D eigenvalue weighted by atomic mass is 10.1. The van der Waals surface area contributed by atoms with Crippen molar-refractivity contribution in [1.29, 1.82) is 0 Å². The average molecular weight is 391 g/mol. The first-order valence-corrected chi connectivity index (χ1v) is 9.87. The van der Waals surface area contributed by atoms with Gasteiger partial charge in [-0.2, -0.15) is 0 Å². The Morgan fingerprint density at radius 2 is 1.82 bits per heavy atom. The van der Waals surface area contributed by atoms with E-state index in [0.717, 1.165) is 21.7 Å². The molecule has 4 rings (SSSR count). The van der Waals surface area contributed by atoms with Crippen molar-refractivity contribution in [3.8, 4) is 28.6 Å². The van der Waals surface area contributed by atoms with Crippen LogP contribution in [0.4, 0.5) is 10.2 Å². The third-order valence-corrected chi connectivity index (χ3v) is 5.35. The lowest BCUT2D eigenvalue weighted by molar-refractivity contribution is 0.628. The molecular formula is C21H18FN5S. The van der Waals surface area contributed by atoms with Crippen molar-refractivity contribution in [2.24, 2.45) is 0 Å². The first-order valence-electron chi connectivity index (χ1n) is 8.65. The van der Waals surface area contributed by atoms with Crippen molar-refractivity contribution in [2.75, 3.05) is 12.0 Å². The number of hydrogen-bond acceptors (Lipinski definition) is 5. The van der Waals surface area contributed by atoms with E-state index in [1.807, 2.05) is 23.0 Å². The van der Waals surface area contributed by atoms with E-state index in [4.69, 9.17) is 5.73 Å². The van der Waals surface area contributed by atoms with E-state index in [2.05, 4.69) is 27.9 Å². The molecule has 0 aliphatic carbocycles. The Balaban J connectivity index is 2.02. The molecule has 0 atom stereocenters. The van der Waals surface area contributed by atoms with Crippen LogP contribution in [0.25, 0.3) is 28.6 Å². The molecule has 5 nitrogen and oxygen atoms in total. The molecule has 0 unspecified atom stereocenters. The minimum absolute atomic E-state index is 0.290. The van der Waals surface area contributed by atoms with Crippen LogP contribution in [0.1, 0.15) is 5.56 Å². The molecule has 0 saturated heterocycles. The van der Waals surface area contributed by atoms with Crippen molar-refractivity contribution in [3.05, 3.63) is 72.3 Å². The quantitative estimate of drug-likeness (QED) is 0.509. The second-order valence-electron chi connectivity index (χ2n) is 6.24. The molecule has 2 heterocycles. The summed E-state index contributed by atoms with van der Waals surface area (Å²) in [6, 6.07) is 14.0. The van der Waals surface area contributed by atoms with E-state index in [9.17, 15) is 4.39 Å². The zero-order chi connectivity index (χ0) is 19.7. The van der Waals surface area contributed by atoms with Gasteiger partial charge < -0.3 is 5.73 Å². The normalized spacial score (nSPS) is 11.0. The molecule has 0 bridgehead atoms. The Bertz CT molecular complexity index is 1140. The SMILES string of the molecule is CSc1c(C)cccc1-n1c(-c2nccc(N)n2)cnc1-c1ccc(F)cc1. The summed E-state index contributed by atoms with van der Waals surface area (Å²) >= 11 is 1.66. The zero-order valence-corrected chi connectivity index (χ0v) is 16.2. The molecule has 0 saturated carbocycles. The van der Waals surface area contributed by atoms with Crippen LogP contribution in [-0.2, 0) is 0 Å². The maximum absolute atomic E-state index is 13.4. The van der Waals surface area contributed by atoms with Crippen LogP contribution in [0.15, 0.2) is 65.8 Å². The fourth-order valence-corrected chi connectivity index (χ4v) is 3.89. The number of anilines is 1. The van der Waals surface area contributed by atoms with Gasteiger partial charge in [0.25, 0.3) is 0 Å². The van der Waals surface area contributed by atoms with Gasteiger partial charge in [-0.25, -0.2) is 19.3 Å². The monoisotopic (exact) mass is 391 g/mol. The van der Waals surface area contributed by atoms with Crippen LogP contribution in [0, 0.1) is 12.7 Å². The summed E-state index contributed by atoms with van der Waals surface area (Å²) in [5.41, 5.74) is 9.50. The number of rotatable bonds is 4. The van der Waals surface area contributed by atoms with Gasteiger partial charge in [0.15, 0.2) is 5.82 Å². The molecule has 0 fully saturated rings. The number of halogens is 1. The molecule has 0 aliphatic rings. The number of nitrogen functional groups attached to an aromatic ring is 1. The van der Waals surface area contributed by atoms with Gasteiger partial charge in [0, 0.05) is 16.7 Å². The van der Waals surface area contributed by atoms with Gasteiger partial charge in [-0.15, -0.1) is 11.8 Å². The van der Waals surface area contributed by atoms with Crippen LogP contribution >= 0.6 is 11.8 Å². The number of hydrogen-bond donors (Lipinski definition) is 1. The number of nitrogens with zero attached hydrogens (tertiary/aromatic N) is 4. The highest BCUT2D eigenvalue weighted by Gasteiger charge is 2.20. The van der Waals surface area contributed by atoms with Gasteiger partial charge in [-0.05, 0) is 55.1 Å². The van der Waals surface area contributed by atoms with Crippen LogP contribution in [-0.4, -0.2) is 25.8 Å². The van der Waals surface area contributed by atoms with E-state index in [1.54, 1.807) is 42.4 Å². The maximum Gasteiger partial charge on any atom is 0.180 e. The smallest absolute Gasteiger partial charge is 0.180 e. The van der Waals surface area contributed by atoms with E-state index in [1.165, 1.54) is 12.1 Å². The lowest BCUT2D eigenvalue weighted by Crippen LogP contribution is -2.05. The molecule has 0 amide bonds. The van der Waals surface area contributed by atoms with Gasteiger partial charge in [0.2, 0.25) is 0 Å². The van der Waals surface area contributed by atoms with Crippen LogP contribution in [0.5, 0.6) is 0 Å². The molecule has 7 heteroatoms. The molecule has 2 N–H and O–H groups in total. The summed E-state index contributed by atoms with van der Waals surface area (Å²) in [6.45, 7) is 2.07. The Morgan fingerprint density at radius 1 is 1.04 bits per heavy atom. The predicted molar refractivity (Wildman–Crippen MR) is 111 cm³/mol.